The Morgan fingerprint density at radius 2 is 1.85 bits per heavy atom. The number of anilines is 1. The summed E-state index contributed by atoms with van der Waals surface area (Å²) in [5.74, 6) is 0.563. The number of nitrogens with one attached hydrogen (secondary N) is 1. The van der Waals surface area contributed by atoms with Crippen LogP contribution in [0.4, 0.5) is 5.69 Å². The maximum atomic E-state index is 12.6. The van der Waals surface area contributed by atoms with Crippen LogP contribution in [0.2, 0.25) is 10.0 Å². The van der Waals surface area contributed by atoms with Gasteiger partial charge in [0.1, 0.15) is 18.2 Å². The highest BCUT2D eigenvalue weighted by molar-refractivity contribution is 14.1. The lowest BCUT2D eigenvalue weighted by Crippen LogP contribution is -2.13. The fraction of sp³-hybridized carbons (Fsp3) is 0.120. The highest BCUT2D eigenvalue weighted by Crippen LogP contribution is 2.36. The summed E-state index contributed by atoms with van der Waals surface area (Å²) in [4.78, 5) is 12.6. The second-order valence-corrected chi connectivity index (χ2v) is 9.82. The smallest absolute Gasteiger partial charge is 0.266 e. The van der Waals surface area contributed by atoms with Crippen LogP contribution >= 0.6 is 61.7 Å². The zero-order valence-electron chi connectivity index (χ0n) is 17.9. The third-order valence-electron chi connectivity index (χ3n) is 4.48. The SMILES string of the molecule is CCOc1cc(/C=C(\C#N)C(=O)Nc2ccc(Br)cc2)cc(I)c1OCc1ccc(Cl)c(Cl)c1. The summed E-state index contributed by atoms with van der Waals surface area (Å²) in [7, 11) is 0. The van der Waals surface area contributed by atoms with Crippen molar-refractivity contribution in [2.24, 2.45) is 0 Å². The van der Waals surface area contributed by atoms with Crippen molar-refractivity contribution in [3.63, 3.8) is 0 Å². The number of nitrogens with zero attached hydrogens (tertiary/aromatic N) is 1. The minimum Gasteiger partial charge on any atom is -0.490 e. The Hall–Kier alpha value is -2.25. The van der Waals surface area contributed by atoms with E-state index >= 15 is 0 Å². The van der Waals surface area contributed by atoms with Crippen molar-refractivity contribution in [2.75, 3.05) is 11.9 Å². The van der Waals surface area contributed by atoms with E-state index in [1.54, 1.807) is 42.5 Å². The van der Waals surface area contributed by atoms with Crippen LogP contribution in [-0.4, -0.2) is 12.5 Å². The number of halogens is 4. The van der Waals surface area contributed by atoms with Crippen LogP contribution < -0.4 is 14.8 Å². The van der Waals surface area contributed by atoms with Crippen molar-refractivity contribution in [1.82, 2.24) is 0 Å². The van der Waals surface area contributed by atoms with Gasteiger partial charge in [-0.3, -0.25) is 4.79 Å². The highest BCUT2D eigenvalue weighted by atomic mass is 127. The summed E-state index contributed by atoms with van der Waals surface area (Å²) in [6.45, 7) is 2.55. The first-order chi connectivity index (χ1) is 16.3. The van der Waals surface area contributed by atoms with Crippen LogP contribution in [0.3, 0.4) is 0 Å². The van der Waals surface area contributed by atoms with E-state index in [9.17, 15) is 10.1 Å². The molecule has 0 aliphatic heterocycles. The minimum absolute atomic E-state index is 0.0364. The molecule has 3 aromatic rings. The van der Waals surface area contributed by atoms with Crippen LogP contribution in [0.5, 0.6) is 11.5 Å². The molecule has 3 aromatic carbocycles. The van der Waals surface area contributed by atoms with Crippen LogP contribution in [-0.2, 0) is 11.4 Å². The van der Waals surface area contributed by atoms with E-state index in [1.165, 1.54) is 6.08 Å². The van der Waals surface area contributed by atoms with E-state index in [2.05, 4.69) is 43.8 Å². The van der Waals surface area contributed by atoms with E-state index in [0.29, 0.717) is 39.4 Å². The van der Waals surface area contributed by atoms with E-state index in [1.807, 2.05) is 25.1 Å². The number of amides is 1. The molecule has 174 valence electrons. The molecule has 0 saturated heterocycles. The molecule has 0 atom stereocenters. The molecule has 0 aliphatic rings. The number of nitriles is 1. The standard InChI is InChI=1S/C25H18BrCl2IN2O3/c1-2-33-23-12-16(9-17(13-30)25(32)31-19-6-4-18(26)5-7-19)11-22(29)24(23)34-14-15-3-8-20(27)21(28)10-15/h3-12H,2,14H2,1H3,(H,31,32)/b17-9+. The van der Waals surface area contributed by atoms with Gasteiger partial charge in [0.05, 0.1) is 20.2 Å². The summed E-state index contributed by atoms with van der Waals surface area (Å²) >= 11 is 17.6. The molecule has 34 heavy (non-hydrogen) atoms. The molecule has 0 unspecified atom stereocenters. The Kier molecular flexibility index (Phi) is 9.65. The maximum absolute atomic E-state index is 12.6. The van der Waals surface area contributed by atoms with Gasteiger partial charge in [0.2, 0.25) is 0 Å². The van der Waals surface area contributed by atoms with E-state index in [-0.39, 0.29) is 12.2 Å². The minimum atomic E-state index is -0.502. The third-order valence-corrected chi connectivity index (χ3v) is 6.55. The molecular formula is C25H18BrCl2IN2O3. The fourth-order valence-corrected chi connectivity index (χ4v) is 4.27. The van der Waals surface area contributed by atoms with Crippen LogP contribution in [0.15, 0.2) is 64.6 Å². The van der Waals surface area contributed by atoms with Crippen molar-refractivity contribution in [1.29, 1.82) is 5.26 Å². The summed E-state index contributed by atoms with van der Waals surface area (Å²) in [5, 5.41) is 13.2. The molecule has 0 heterocycles. The van der Waals surface area contributed by atoms with Gasteiger partial charge in [0.25, 0.3) is 5.91 Å². The third kappa shape index (κ3) is 7.12. The monoisotopic (exact) mass is 670 g/mol. The van der Waals surface area contributed by atoms with Crippen molar-refractivity contribution in [3.05, 3.63) is 89.4 Å². The van der Waals surface area contributed by atoms with Gasteiger partial charge in [-0.15, -0.1) is 0 Å². The highest BCUT2D eigenvalue weighted by Gasteiger charge is 2.15. The van der Waals surface area contributed by atoms with Gasteiger partial charge in [-0.2, -0.15) is 5.26 Å². The van der Waals surface area contributed by atoms with Crippen LogP contribution in [0.1, 0.15) is 18.1 Å². The van der Waals surface area contributed by atoms with Gasteiger partial charge in [0.15, 0.2) is 11.5 Å². The summed E-state index contributed by atoms with van der Waals surface area (Å²) in [6, 6.07) is 17.9. The van der Waals surface area contributed by atoms with E-state index in [4.69, 9.17) is 32.7 Å². The Morgan fingerprint density at radius 3 is 2.50 bits per heavy atom. The number of carbonyl (C=O) groups excluding carboxylic acids is 1. The summed E-state index contributed by atoms with van der Waals surface area (Å²) < 4.78 is 13.5. The second-order valence-electron chi connectivity index (χ2n) is 6.93. The molecular weight excluding hydrogens is 654 g/mol. The van der Waals surface area contributed by atoms with Crippen molar-refractivity contribution >= 4 is 79.4 Å². The van der Waals surface area contributed by atoms with E-state index in [0.717, 1.165) is 13.6 Å². The molecule has 0 fully saturated rings. The van der Waals surface area contributed by atoms with Crippen molar-refractivity contribution in [3.8, 4) is 17.6 Å². The van der Waals surface area contributed by atoms with Crippen molar-refractivity contribution in [2.45, 2.75) is 13.5 Å². The molecule has 0 bridgehead atoms. The predicted octanol–water partition coefficient (Wildman–Crippen LogP) is 7.88. The lowest BCUT2D eigenvalue weighted by atomic mass is 10.1. The number of hydrogen-bond donors (Lipinski definition) is 1. The molecule has 5 nitrogen and oxygen atoms in total. The second kappa shape index (κ2) is 12.5. The first kappa shape index (κ1) is 26.4. The number of hydrogen-bond acceptors (Lipinski definition) is 4. The molecule has 0 aliphatic carbocycles. The van der Waals surface area contributed by atoms with Gasteiger partial charge < -0.3 is 14.8 Å². The van der Waals surface area contributed by atoms with Crippen LogP contribution in [0.25, 0.3) is 6.08 Å². The molecule has 0 radical (unpaired) electrons. The molecule has 1 N–H and O–H groups in total. The molecule has 3 rings (SSSR count). The number of ether oxygens (including phenoxy) is 2. The molecule has 9 heteroatoms. The van der Waals surface area contributed by atoms with E-state index < -0.39 is 5.91 Å². The van der Waals surface area contributed by atoms with Crippen LogP contribution in [0, 0.1) is 14.9 Å². The fourth-order valence-electron chi connectivity index (χ4n) is 2.91. The number of benzene rings is 3. The zero-order valence-corrected chi connectivity index (χ0v) is 23.1. The average molecular weight is 672 g/mol. The Balaban J connectivity index is 1.84. The summed E-state index contributed by atoms with van der Waals surface area (Å²) in [6.07, 6.45) is 1.52. The average Bonchev–Trinajstić information content (AvgIpc) is 2.80. The first-order valence-corrected chi connectivity index (χ1v) is 12.6. The van der Waals surface area contributed by atoms with Gasteiger partial charge in [0, 0.05) is 10.2 Å². The van der Waals surface area contributed by atoms with Gasteiger partial charge in [-0.05, 0) is 95.2 Å². The Bertz CT molecular complexity index is 1270. The molecule has 0 aromatic heterocycles. The topological polar surface area (TPSA) is 71.3 Å². The Morgan fingerprint density at radius 1 is 1.12 bits per heavy atom. The number of rotatable bonds is 8. The predicted molar refractivity (Wildman–Crippen MR) is 147 cm³/mol. The van der Waals surface area contributed by atoms with Crippen molar-refractivity contribution < 1.29 is 14.3 Å². The lowest BCUT2D eigenvalue weighted by molar-refractivity contribution is -0.112. The molecule has 0 spiro atoms. The Labute approximate surface area is 229 Å². The van der Waals surface area contributed by atoms with Gasteiger partial charge in [-0.1, -0.05) is 45.2 Å². The lowest BCUT2D eigenvalue weighted by Gasteiger charge is -2.15. The molecule has 0 saturated carbocycles. The normalized spacial score (nSPS) is 11.0. The quantitative estimate of drug-likeness (QED) is 0.150. The number of carbonyl (C=O) groups is 1. The molecule has 1 amide bonds. The maximum Gasteiger partial charge on any atom is 0.266 e. The summed E-state index contributed by atoms with van der Waals surface area (Å²) in [5.41, 5.74) is 2.04. The first-order valence-electron chi connectivity index (χ1n) is 10.0. The zero-order chi connectivity index (χ0) is 24.7. The van der Waals surface area contributed by atoms with Gasteiger partial charge >= 0.3 is 0 Å². The van der Waals surface area contributed by atoms with Gasteiger partial charge in [-0.25, -0.2) is 0 Å². The largest absolute Gasteiger partial charge is 0.490 e.